The predicted molar refractivity (Wildman–Crippen MR) is 104 cm³/mol. The minimum absolute atomic E-state index is 0.218. The number of anilines is 1. The number of carbonyl (C=O) groups is 1. The van der Waals surface area contributed by atoms with Crippen molar-refractivity contribution in [2.24, 2.45) is 0 Å². The monoisotopic (exact) mass is 359 g/mol. The fourth-order valence-corrected chi connectivity index (χ4v) is 3.04. The van der Waals surface area contributed by atoms with Gasteiger partial charge in [-0.3, -0.25) is 9.78 Å². The van der Waals surface area contributed by atoms with Crippen molar-refractivity contribution in [2.45, 2.75) is 0 Å². The number of benzene rings is 2. The molecule has 2 aromatic carbocycles. The molecule has 0 aliphatic carbocycles. The standard InChI is InChI=1S/C21H14ClN3O/c22-18-9-3-1-8-16(18)20-12-17(15-7-2-4-10-19(15)25-20)21(26)24-14-6-5-11-23-13-14/h1-13H,(H,24,26). The van der Waals surface area contributed by atoms with Gasteiger partial charge in [-0.1, -0.05) is 48.0 Å². The maximum Gasteiger partial charge on any atom is 0.256 e. The SMILES string of the molecule is O=C(Nc1cccnc1)c1cc(-c2ccccc2Cl)nc2ccccc12. The zero-order valence-electron chi connectivity index (χ0n) is 13.7. The Bertz CT molecular complexity index is 1100. The second-order valence-electron chi connectivity index (χ2n) is 5.75. The van der Waals surface area contributed by atoms with Crippen LogP contribution in [0.25, 0.3) is 22.2 Å². The van der Waals surface area contributed by atoms with Gasteiger partial charge in [0.25, 0.3) is 5.91 Å². The van der Waals surface area contributed by atoms with Crippen LogP contribution < -0.4 is 5.32 Å². The molecule has 0 atom stereocenters. The lowest BCUT2D eigenvalue weighted by Crippen LogP contribution is -2.13. The Morgan fingerprint density at radius 1 is 0.962 bits per heavy atom. The quantitative estimate of drug-likeness (QED) is 0.546. The molecule has 0 saturated carbocycles. The topological polar surface area (TPSA) is 54.9 Å². The van der Waals surface area contributed by atoms with E-state index in [1.54, 1.807) is 30.6 Å². The molecule has 0 saturated heterocycles. The number of amides is 1. The number of fused-ring (bicyclic) bond motifs is 1. The van der Waals surface area contributed by atoms with E-state index < -0.39 is 0 Å². The van der Waals surface area contributed by atoms with E-state index in [2.05, 4.69) is 15.3 Å². The van der Waals surface area contributed by atoms with Gasteiger partial charge >= 0.3 is 0 Å². The van der Waals surface area contributed by atoms with Crippen LogP contribution in [0.1, 0.15) is 10.4 Å². The average Bonchev–Trinajstić information content (AvgIpc) is 2.68. The summed E-state index contributed by atoms with van der Waals surface area (Å²) in [6, 6.07) is 20.4. The molecule has 4 rings (SSSR count). The second-order valence-corrected chi connectivity index (χ2v) is 6.16. The summed E-state index contributed by atoms with van der Waals surface area (Å²) in [6.45, 7) is 0. The summed E-state index contributed by atoms with van der Waals surface area (Å²) in [7, 11) is 0. The lowest BCUT2D eigenvalue weighted by molar-refractivity contribution is 0.102. The molecule has 26 heavy (non-hydrogen) atoms. The lowest BCUT2D eigenvalue weighted by atomic mass is 10.0. The Hall–Kier alpha value is -3.24. The number of para-hydroxylation sites is 1. The van der Waals surface area contributed by atoms with E-state index >= 15 is 0 Å². The van der Waals surface area contributed by atoms with Crippen LogP contribution in [0.2, 0.25) is 5.02 Å². The summed E-state index contributed by atoms with van der Waals surface area (Å²) in [5.74, 6) is -0.218. The van der Waals surface area contributed by atoms with Gasteiger partial charge in [-0.05, 0) is 30.3 Å². The number of nitrogens with one attached hydrogen (secondary N) is 1. The van der Waals surface area contributed by atoms with E-state index in [-0.39, 0.29) is 5.91 Å². The van der Waals surface area contributed by atoms with Gasteiger partial charge in [0.05, 0.1) is 28.7 Å². The molecule has 0 spiro atoms. The summed E-state index contributed by atoms with van der Waals surface area (Å²) in [6.07, 6.45) is 3.27. The van der Waals surface area contributed by atoms with Crippen LogP contribution in [0.4, 0.5) is 5.69 Å². The zero-order chi connectivity index (χ0) is 17.9. The van der Waals surface area contributed by atoms with Crippen LogP contribution in [-0.2, 0) is 0 Å². The van der Waals surface area contributed by atoms with E-state index in [0.29, 0.717) is 22.0 Å². The minimum atomic E-state index is -0.218. The number of nitrogens with zero attached hydrogens (tertiary/aromatic N) is 2. The summed E-state index contributed by atoms with van der Waals surface area (Å²) in [4.78, 5) is 21.6. The highest BCUT2D eigenvalue weighted by atomic mass is 35.5. The van der Waals surface area contributed by atoms with Gasteiger partial charge in [-0.2, -0.15) is 0 Å². The molecule has 0 aliphatic heterocycles. The van der Waals surface area contributed by atoms with Crippen molar-refractivity contribution in [1.82, 2.24) is 9.97 Å². The van der Waals surface area contributed by atoms with E-state index in [9.17, 15) is 4.79 Å². The molecule has 0 radical (unpaired) electrons. The number of hydrogen-bond donors (Lipinski definition) is 1. The average molecular weight is 360 g/mol. The van der Waals surface area contributed by atoms with E-state index in [1.165, 1.54) is 0 Å². The van der Waals surface area contributed by atoms with Crippen molar-refractivity contribution in [1.29, 1.82) is 0 Å². The Balaban J connectivity index is 1.85. The molecule has 4 aromatic rings. The Morgan fingerprint density at radius 2 is 1.77 bits per heavy atom. The molecule has 0 bridgehead atoms. The van der Waals surface area contributed by atoms with Gasteiger partial charge < -0.3 is 5.32 Å². The molecule has 2 heterocycles. The largest absolute Gasteiger partial charge is 0.321 e. The number of carbonyl (C=O) groups excluding carboxylic acids is 1. The fraction of sp³-hybridized carbons (Fsp3) is 0. The summed E-state index contributed by atoms with van der Waals surface area (Å²) < 4.78 is 0. The van der Waals surface area contributed by atoms with E-state index in [0.717, 1.165) is 16.5 Å². The molecular weight excluding hydrogens is 346 g/mol. The third-order valence-corrected chi connectivity index (χ3v) is 4.36. The molecule has 126 valence electrons. The highest BCUT2D eigenvalue weighted by molar-refractivity contribution is 6.33. The summed E-state index contributed by atoms with van der Waals surface area (Å²) >= 11 is 6.32. The van der Waals surface area contributed by atoms with Crippen molar-refractivity contribution in [2.75, 3.05) is 5.32 Å². The molecule has 0 fully saturated rings. The van der Waals surface area contributed by atoms with Crippen LogP contribution >= 0.6 is 11.6 Å². The summed E-state index contributed by atoms with van der Waals surface area (Å²) in [5.41, 5.74) is 3.36. The predicted octanol–water partition coefficient (Wildman–Crippen LogP) is 5.20. The number of pyridine rings is 2. The maximum absolute atomic E-state index is 12.9. The third-order valence-electron chi connectivity index (χ3n) is 4.03. The Morgan fingerprint density at radius 3 is 2.58 bits per heavy atom. The first-order valence-corrected chi connectivity index (χ1v) is 8.46. The van der Waals surface area contributed by atoms with Crippen molar-refractivity contribution in [3.63, 3.8) is 0 Å². The second kappa shape index (κ2) is 6.94. The maximum atomic E-state index is 12.9. The number of hydrogen-bond acceptors (Lipinski definition) is 3. The molecule has 4 nitrogen and oxygen atoms in total. The van der Waals surface area contributed by atoms with Crippen molar-refractivity contribution < 1.29 is 4.79 Å². The van der Waals surface area contributed by atoms with Gasteiger partial charge in [0, 0.05) is 22.2 Å². The minimum Gasteiger partial charge on any atom is -0.321 e. The first-order chi connectivity index (χ1) is 12.7. The zero-order valence-corrected chi connectivity index (χ0v) is 14.4. The fourth-order valence-electron chi connectivity index (χ4n) is 2.81. The smallest absolute Gasteiger partial charge is 0.256 e. The highest BCUT2D eigenvalue weighted by Gasteiger charge is 2.15. The number of aromatic nitrogens is 2. The molecule has 0 unspecified atom stereocenters. The number of rotatable bonds is 3. The van der Waals surface area contributed by atoms with Gasteiger partial charge in [0.2, 0.25) is 0 Å². The first kappa shape index (κ1) is 16.2. The molecular formula is C21H14ClN3O. The van der Waals surface area contributed by atoms with E-state index in [4.69, 9.17) is 11.6 Å². The summed E-state index contributed by atoms with van der Waals surface area (Å²) in [5, 5.41) is 4.26. The molecule has 1 N–H and O–H groups in total. The lowest BCUT2D eigenvalue weighted by Gasteiger charge is -2.11. The van der Waals surface area contributed by atoms with Gasteiger partial charge in [-0.25, -0.2) is 4.98 Å². The molecule has 1 amide bonds. The highest BCUT2D eigenvalue weighted by Crippen LogP contribution is 2.30. The molecule has 2 aromatic heterocycles. The van der Waals surface area contributed by atoms with Crippen LogP contribution in [0.5, 0.6) is 0 Å². The molecule has 5 heteroatoms. The Kier molecular flexibility index (Phi) is 4.33. The normalized spacial score (nSPS) is 10.7. The Labute approximate surface area is 155 Å². The van der Waals surface area contributed by atoms with Gasteiger partial charge in [0.1, 0.15) is 0 Å². The van der Waals surface area contributed by atoms with Crippen molar-refractivity contribution in [3.8, 4) is 11.3 Å². The number of halogens is 1. The van der Waals surface area contributed by atoms with Crippen molar-refractivity contribution >= 4 is 34.1 Å². The molecule has 0 aliphatic rings. The van der Waals surface area contributed by atoms with Crippen LogP contribution in [-0.4, -0.2) is 15.9 Å². The van der Waals surface area contributed by atoms with Crippen LogP contribution in [0.15, 0.2) is 79.1 Å². The van der Waals surface area contributed by atoms with Gasteiger partial charge in [0.15, 0.2) is 0 Å². The van der Waals surface area contributed by atoms with Crippen LogP contribution in [0.3, 0.4) is 0 Å². The van der Waals surface area contributed by atoms with E-state index in [1.807, 2.05) is 48.5 Å². The third kappa shape index (κ3) is 3.15. The van der Waals surface area contributed by atoms with Crippen LogP contribution in [0, 0.1) is 0 Å². The first-order valence-electron chi connectivity index (χ1n) is 8.08. The van der Waals surface area contributed by atoms with Gasteiger partial charge in [-0.15, -0.1) is 0 Å². The van der Waals surface area contributed by atoms with Crippen molar-refractivity contribution in [3.05, 3.63) is 89.7 Å².